The Balaban J connectivity index is 1.37. The molecule has 2 aromatic carbocycles. The molecule has 4 rings (SSSR count). The largest absolute Gasteiger partial charge is 0.449 e. The summed E-state index contributed by atoms with van der Waals surface area (Å²) in [6.07, 6.45) is 0.983. The number of alkyl carbamates (subject to hydrolysis) is 1. The summed E-state index contributed by atoms with van der Waals surface area (Å²) in [4.78, 5) is 29.0. The Bertz CT molecular complexity index is 1350. The topological polar surface area (TPSA) is 104 Å². The predicted molar refractivity (Wildman–Crippen MR) is 198 cm³/mol. The number of nitrogens with zero attached hydrogens (tertiary/aromatic N) is 3. The van der Waals surface area contributed by atoms with Crippen molar-refractivity contribution in [1.82, 2.24) is 14.9 Å². The van der Waals surface area contributed by atoms with Crippen molar-refractivity contribution in [3.05, 3.63) is 59.7 Å². The van der Waals surface area contributed by atoms with Crippen molar-refractivity contribution < 1.29 is 23.4 Å². The van der Waals surface area contributed by atoms with Crippen molar-refractivity contribution in [3.8, 4) is 17.2 Å². The van der Waals surface area contributed by atoms with Crippen molar-refractivity contribution in [1.29, 1.82) is 5.26 Å². The number of nitriles is 1. The fourth-order valence-electron chi connectivity index (χ4n) is 6.06. The van der Waals surface area contributed by atoms with Crippen LogP contribution in [0.4, 0.5) is 4.79 Å². The van der Waals surface area contributed by atoms with Crippen LogP contribution in [0, 0.1) is 11.3 Å². The summed E-state index contributed by atoms with van der Waals surface area (Å²) >= 11 is 0. The molecule has 0 spiro atoms. The number of benzene rings is 2. The van der Waals surface area contributed by atoms with E-state index in [0.717, 1.165) is 11.1 Å². The van der Waals surface area contributed by atoms with Gasteiger partial charge in [0.2, 0.25) is 5.91 Å². The summed E-state index contributed by atoms with van der Waals surface area (Å²) in [5.41, 5.74) is 4.62. The molecule has 1 aliphatic carbocycles. The lowest BCUT2D eigenvalue weighted by atomic mass is 9.98. The first-order valence-corrected chi connectivity index (χ1v) is 20.3. The molecule has 2 atom stereocenters. The number of nitrogens with one attached hydrogen (secondary N) is 1. The summed E-state index contributed by atoms with van der Waals surface area (Å²) < 4.78 is 20.7. The third kappa shape index (κ3) is 10.6. The van der Waals surface area contributed by atoms with Crippen LogP contribution < -0.4 is 5.32 Å². The second kappa shape index (κ2) is 18.1. The molecule has 1 aliphatic heterocycles. The van der Waals surface area contributed by atoms with Crippen molar-refractivity contribution in [2.75, 3.05) is 32.1 Å². The summed E-state index contributed by atoms with van der Waals surface area (Å²) in [5.74, 6) is 0.262. The van der Waals surface area contributed by atoms with Gasteiger partial charge in [-0.15, -0.1) is 0 Å². The van der Waals surface area contributed by atoms with Crippen molar-refractivity contribution >= 4 is 42.1 Å². The standard InChI is InChI=1S/C36H51N4O5PS2/c1-25(2)40(26(3)4)46(44-22-12-19-37)45-27-17-20-39(21-18-27)34(41)33(24-47-48-36(5,6)7)38-35(42)43-23-32-30-15-10-8-13-28(30)29-14-9-11-16-31(29)32/h8-11,13-16,25-27,32-33H,12,17-18,20-24H2,1-7H3,(H,38,42)/t33-,46?/m0/s1. The van der Waals surface area contributed by atoms with E-state index in [1.165, 1.54) is 11.1 Å². The van der Waals surface area contributed by atoms with Gasteiger partial charge >= 0.3 is 6.09 Å². The maximum atomic E-state index is 13.9. The molecule has 1 N–H and O–H groups in total. The molecule has 12 heteroatoms. The molecule has 48 heavy (non-hydrogen) atoms. The van der Waals surface area contributed by atoms with Crippen molar-refractivity contribution in [2.45, 2.75) is 103 Å². The second-order valence-corrected chi connectivity index (χ2v) is 18.3. The molecule has 1 fully saturated rings. The van der Waals surface area contributed by atoms with Crippen LogP contribution in [0.15, 0.2) is 48.5 Å². The average molecular weight is 715 g/mol. The molecule has 1 unspecified atom stereocenters. The Morgan fingerprint density at radius 1 is 1.02 bits per heavy atom. The summed E-state index contributed by atoms with van der Waals surface area (Å²) in [5, 5.41) is 11.9. The van der Waals surface area contributed by atoms with Gasteiger partial charge in [-0.1, -0.05) is 90.9 Å². The minimum atomic E-state index is -1.35. The molecular weight excluding hydrogens is 664 g/mol. The molecule has 1 saturated heterocycles. The second-order valence-electron chi connectivity index (χ2n) is 13.7. The molecule has 0 radical (unpaired) electrons. The monoisotopic (exact) mass is 714 g/mol. The molecule has 262 valence electrons. The number of carbonyl (C=O) groups excluding carboxylic acids is 2. The highest BCUT2D eigenvalue weighted by atomic mass is 33.1. The van der Waals surface area contributed by atoms with E-state index in [-0.39, 0.29) is 41.4 Å². The quantitative estimate of drug-likeness (QED) is 0.111. The first kappa shape index (κ1) is 38.5. The van der Waals surface area contributed by atoms with Gasteiger partial charge in [0.1, 0.15) is 12.6 Å². The van der Waals surface area contributed by atoms with Gasteiger partial charge in [-0.05, 0) is 62.8 Å². The Labute approximate surface area is 296 Å². The van der Waals surface area contributed by atoms with E-state index in [9.17, 15) is 9.59 Å². The maximum Gasteiger partial charge on any atom is 0.407 e. The van der Waals surface area contributed by atoms with E-state index < -0.39 is 20.7 Å². The molecular formula is C36H51N4O5PS2. The number of hydrogen-bond acceptors (Lipinski definition) is 9. The zero-order valence-electron chi connectivity index (χ0n) is 29.3. The Morgan fingerprint density at radius 2 is 1.60 bits per heavy atom. The Kier molecular flexibility index (Phi) is 14.5. The maximum absolute atomic E-state index is 13.9. The van der Waals surface area contributed by atoms with Crippen molar-refractivity contribution in [2.24, 2.45) is 0 Å². The van der Waals surface area contributed by atoms with Gasteiger partial charge in [-0.3, -0.25) is 4.79 Å². The van der Waals surface area contributed by atoms with Crippen LogP contribution in [0.3, 0.4) is 0 Å². The van der Waals surface area contributed by atoms with Crippen molar-refractivity contribution in [3.63, 3.8) is 0 Å². The molecule has 2 amide bonds. The number of carbonyl (C=O) groups is 2. The fourth-order valence-corrected chi connectivity index (χ4v) is 10.3. The Hall–Kier alpha value is -2.32. The predicted octanol–water partition coefficient (Wildman–Crippen LogP) is 8.36. The minimum Gasteiger partial charge on any atom is -0.449 e. The van der Waals surface area contributed by atoms with Gasteiger partial charge in [0.25, 0.3) is 8.53 Å². The van der Waals surface area contributed by atoms with Gasteiger partial charge in [0, 0.05) is 41.6 Å². The van der Waals surface area contributed by atoms with Crippen LogP contribution in [0.5, 0.6) is 0 Å². The molecule has 0 bridgehead atoms. The van der Waals surface area contributed by atoms with Crippen LogP contribution in [0.25, 0.3) is 11.1 Å². The SMILES string of the molecule is CC(C)N(C(C)C)P(OCCC#N)OC1CCN(C(=O)[C@H](CSSC(C)(C)C)NC(=O)OCC2c3ccccc3-c3ccccc32)CC1. The van der Waals surface area contributed by atoms with Gasteiger partial charge in [0.05, 0.1) is 25.2 Å². The first-order valence-electron chi connectivity index (χ1n) is 16.9. The summed E-state index contributed by atoms with van der Waals surface area (Å²) in [6, 6.07) is 18.3. The summed E-state index contributed by atoms with van der Waals surface area (Å²) in [6.45, 7) is 16.4. The number of likely N-dealkylation sites (tertiary alicyclic amines) is 1. The molecule has 2 aromatic rings. The normalized spacial score (nSPS) is 16.5. The highest BCUT2D eigenvalue weighted by Gasteiger charge is 2.35. The molecule has 1 heterocycles. The number of ether oxygens (including phenoxy) is 1. The zero-order chi connectivity index (χ0) is 34.8. The van der Waals surface area contributed by atoms with Crippen LogP contribution in [0.2, 0.25) is 0 Å². The smallest absolute Gasteiger partial charge is 0.407 e. The highest BCUT2D eigenvalue weighted by molar-refractivity contribution is 8.77. The van der Waals surface area contributed by atoms with E-state index in [1.807, 2.05) is 29.2 Å². The minimum absolute atomic E-state index is 0.00519. The van der Waals surface area contributed by atoms with Gasteiger partial charge in [-0.25, -0.2) is 9.46 Å². The first-order chi connectivity index (χ1) is 22.9. The van der Waals surface area contributed by atoms with Crippen LogP contribution in [-0.2, 0) is 18.6 Å². The van der Waals surface area contributed by atoms with Gasteiger partial charge in [0.15, 0.2) is 0 Å². The number of hydrogen-bond donors (Lipinski definition) is 1. The zero-order valence-corrected chi connectivity index (χ0v) is 31.8. The lowest BCUT2D eigenvalue weighted by Gasteiger charge is -2.39. The third-order valence-corrected chi connectivity index (χ3v) is 13.7. The number of rotatable bonds is 15. The number of amides is 2. The molecule has 0 aromatic heterocycles. The Morgan fingerprint density at radius 3 is 2.15 bits per heavy atom. The number of fused-ring (bicyclic) bond motifs is 3. The molecule has 2 aliphatic rings. The van der Waals surface area contributed by atoms with E-state index in [1.54, 1.807) is 21.6 Å². The van der Waals surface area contributed by atoms with Gasteiger partial charge in [-0.2, -0.15) is 5.26 Å². The number of piperidine rings is 1. The third-order valence-electron chi connectivity index (χ3n) is 8.13. The van der Waals surface area contributed by atoms with E-state index >= 15 is 0 Å². The molecule has 0 saturated carbocycles. The van der Waals surface area contributed by atoms with Crippen LogP contribution in [-0.4, -0.2) is 82.6 Å². The molecule has 9 nitrogen and oxygen atoms in total. The summed E-state index contributed by atoms with van der Waals surface area (Å²) in [7, 11) is 1.93. The van der Waals surface area contributed by atoms with E-state index in [0.29, 0.717) is 44.7 Å². The lowest BCUT2D eigenvalue weighted by molar-refractivity contribution is -0.134. The van der Waals surface area contributed by atoms with Crippen LogP contribution >= 0.6 is 30.1 Å². The van der Waals surface area contributed by atoms with E-state index in [2.05, 4.69) is 88.8 Å². The van der Waals surface area contributed by atoms with Crippen LogP contribution in [0.1, 0.15) is 84.8 Å². The van der Waals surface area contributed by atoms with Gasteiger partial charge < -0.3 is 24.0 Å². The van der Waals surface area contributed by atoms with E-state index in [4.69, 9.17) is 19.0 Å². The average Bonchev–Trinajstić information content (AvgIpc) is 3.36. The highest BCUT2D eigenvalue weighted by Crippen LogP contribution is 2.48. The fraction of sp³-hybridized carbons (Fsp3) is 0.583. The lowest BCUT2D eigenvalue weighted by Crippen LogP contribution is -2.52.